The van der Waals surface area contributed by atoms with Crippen molar-refractivity contribution in [2.75, 3.05) is 30.8 Å². The molecule has 1 aliphatic rings. The molecular formula is C21H26N6OS. The van der Waals surface area contributed by atoms with Gasteiger partial charge in [0.1, 0.15) is 5.82 Å². The number of nitrogens with one attached hydrogen (secondary N) is 1. The van der Waals surface area contributed by atoms with Gasteiger partial charge in [-0.25, -0.2) is 14.6 Å². The lowest BCUT2D eigenvalue weighted by Gasteiger charge is -2.28. The summed E-state index contributed by atoms with van der Waals surface area (Å²) in [5.41, 5.74) is 2.58. The maximum Gasteiger partial charge on any atom is 0.251 e. The molecule has 4 rings (SSSR count). The molecule has 0 bridgehead atoms. The molecule has 0 atom stereocenters. The highest BCUT2D eigenvalue weighted by Crippen LogP contribution is 2.28. The molecule has 0 saturated carbocycles. The number of nitrogens with zero attached hydrogens (tertiary/aromatic N) is 5. The van der Waals surface area contributed by atoms with Gasteiger partial charge in [0, 0.05) is 25.2 Å². The summed E-state index contributed by atoms with van der Waals surface area (Å²) in [6, 6.07) is 7.60. The quantitative estimate of drug-likeness (QED) is 0.496. The number of rotatable bonds is 6. The number of aryl methyl sites for hydroxylation is 1. The summed E-state index contributed by atoms with van der Waals surface area (Å²) >= 11 is 1.54. The van der Waals surface area contributed by atoms with Crippen molar-refractivity contribution in [3.05, 3.63) is 41.6 Å². The van der Waals surface area contributed by atoms with E-state index in [-0.39, 0.29) is 5.91 Å². The number of amides is 1. The topological polar surface area (TPSA) is 75.9 Å². The van der Waals surface area contributed by atoms with Crippen LogP contribution >= 0.6 is 11.8 Å². The van der Waals surface area contributed by atoms with E-state index in [1.807, 2.05) is 48.3 Å². The molecule has 1 aliphatic heterocycles. The number of anilines is 1. The lowest BCUT2D eigenvalue weighted by atomic mass is 10.1. The van der Waals surface area contributed by atoms with E-state index in [2.05, 4.69) is 20.3 Å². The Morgan fingerprint density at radius 1 is 1.21 bits per heavy atom. The summed E-state index contributed by atoms with van der Waals surface area (Å²) in [7, 11) is 0. The largest absolute Gasteiger partial charge is 0.356 e. The van der Waals surface area contributed by atoms with Crippen LogP contribution in [-0.4, -0.2) is 51.5 Å². The Labute approximate surface area is 174 Å². The number of thioether (sulfide) groups is 1. The number of aromatic nitrogens is 4. The first-order valence-corrected chi connectivity index (χ1v) is 11.3. The molecule has 0 aliphatic carbocycles. The maximum absolute atomic E-state index is 12.4. The monoisotopic (exact) mass is 410 g/mol. The van der Waals surface area contributed by atoms with Crippen LogP contribution in [0.25, 0.3) is 11.0 Å². The third kappa shape index (κ3) is 4.37. The van der Waals surface area contributed by atoms with Crippen LogP contribution in [0.3, 0.4) is 0 Å². The van der Waals surface area contributed by atoms with Gasteiger partial charge in [-0.2, -0.15) is 5.10 Å². The first kappa shape index (κ1) is 19.7. The average Bonchev–Trinajstić information content (AvgIpc) is 3.16. The van der Waals surface area contributed by atoms with Gasteiger partial charge in [0.05, 0.1) is 18.1 Å². The van der Waals surface area contributed by atoms with Gasteiger partial charge in [-0.1, -0.05) is 29.5 Å². The fourth-order valence-electron chi connectivity index (χ4n) is 3.69. The van der Waals surface area contributed by atoms with E-state index in [0.717, 1.165) is 40.7 Å². The number of fused-ring (bicyclic) bond motifs is 1. The van der Waals surface area contributed by atoms with E-state index < -0.39 is 0 Å². The van der Waals surface area contributed by atoms with Gasteiger partial charge in [-0.05, 0) is 44.6 Å². The maximum atomic E-state index is 12.4. The van der Waals surface area contributed by atoms with Crippen molar-refractivity contribution in [1.82, 2.24) is 25.1 Å². The Balaban J connectivity index is 1.51. The van der Waals surface area contributed by atoms with Crippen LogP contribution in [0.2, 0.25) is 0 Å². The van der Waals surface area contributed by atoms with Gasteiger partial charge in [0.2, 0.25) is 0 Å². The van der Waals surface area contributed by atoms with Gasteiger partial charge in [0.15, 0.2) is 10.8 Å². The van der Waals surface area contributed by atoms with Crippen LogP contribution in [0, 0.1) is 6.92 Å². The second kappa shape index (κ2) is 8.82. The minimum atomic E-state index is -0.0707. The van der Waals surface area contributed by atoms with Gasteiger partial charge >= 0.3 is 0 Å². The van der Waals surface area contributed by atoms with Crippen molar-refractivity contribution in [3.63, 3.8) is 0 Å². The number of carbonyl (C=O) groups excluding carboxylic acids is 1. The zero-order valence-corrected chi connectivity index (χ0v) is 17.7. The first-order valence-electron chi connectivity index (χ1n) is 10.0. The molecule has 7 nitrogen and oxygen atoms in total. The molecule has 0 radical (unpaired) electrons. The van der Waals surface area contributed by atoms with Crippen molar-refractivity contribution in [2.24, 2.45) is 0 Å². The van der Waals surface area contributed by atoms with Crippen LogP contribution in [0.5, 0.6) is 0 Å². The highest BCUT2D eigenvalue weighted by Gasteiger charge is 2.19. The number of carbonyl (C=O) groups is 1. The van der Waals surface area contributed by atoms with E-state index >= 15 is 0 Å². The Morgan fingerprint density at radius 3 is 2.79 bits per heavy atom. The Kier molecular flexibility index (Phi) is 5.99. The minimum Gasteiger partial charge on any atom is -0.356 e. The molecule has 0 spiro atoms. The summed E-state index contributed by atoms with van der Waals surface area (Å²) in [5, 5.41) is 9.25. The fourth-order valence-corrected chi connectivity index (χ4v) is 4.04. The molecule has 0 unspecified atom stereocenters. The summed E-state index contributed by atoms with van der Waals surface area (Å²) in [6.07, 6.45) is 7.51. The summed E-state index contributed by atoms with van der Waals surface area (Å²) < 4.78 is 1.86. The lowest BCUT2D eigenvalue weighted by molar-refractivity contribution is 0.0952. The van der Waals surface area contributed by atoms with Crippen LogP contribution in [-0.2, 0) is 6.54 Å². The number of hydrogen-bond acceptors (Lipinski definition) is 6. The van der Waals surface area contributed by atoms with E-state index in [0.29, 0.717) is 18.7 Å². The second-order valence-electron chi connectivity index (χ2n) is 7.31. The molecule has 29 heavy (non-hydrogen) atoms. The molecule has 1 fully saturated rings. The normalized spacial score (nSPS) is 14.3. The number of piperidine rings is 1. The Morgan fingerprint density at radius 2 is 2.03 bits per heavy atom. The van der Waals surface area contributed by atoms with Crippen LogP contribution in [0.4, 0.5) is 5.82 Å². The lowest BCUT2D eigenvalue weighted by Crippen LogP contribution is -2.30. The van der Waals surface area contributed by atoms with Crippen molar-refractivity contribution >= 4 is 34.5 Å². The fraction of sp³-hybridized carbons (Fsp3) is 0.429. The van der Waals surface area contributed by atoms with Crippen LogP contribution in [0.1, 0.15) is 35.2 Å². The molecule has 1 aromatic carbocycles. The van der Waals surface area contributed by atoms with Gasteiger partial charge < -0.3 is 10.2 Å². The zero-order chi connectivity index (χ0) is 20.2. The minimum absolute atomic E-state index is 0.0707. The number of hydrogen-bond donors (Lipinski definition) is 1. The van der Waals surface area contributed by atoms with Crippen LogP contribution in [0.15, 0.2) is 35.6 Å². The summed E-state index contributed by atoms with van der Waals surface area (Å²) in [6.45, 7) is 5.08. The van der Waals surface area contributed by atoms with E-state index in [1.165, 1.54) is 19.3 Å². The van der Waals surface area contributed by atoms with E-state index in [4.69, 9.17) is 4.98 Å². The van der Waals surface area contributed by atoms with Crippen molar-refractivity contribution in [1.29, 1.82) is 0 Å². The van der Waals surface area contributed by atoms with E-state index in [1.54, 1.807) is 11.8 Å². The van der Waals surface area contributed by atoms with Gasteiger partial charge in [-0.15, -0.1) is 0 Å². The molecule has 1 saturated heterocycles. The summed E-state index contributed by atoms with van der Waals surface area (Å²) in [5.74, 6) is 0.910. The predicted octanol–water partition coefficient (Wildman–Crippen LogP) is 3.28. The average molecular weight is 411 g/mol. The van der Waals surface area contributed by atoms with Crippen molar-refractivity contribution < 1.29 is 4.79 Å². The summed E-state index contributed by atoms with van der Waals surface area (Å²) in [4.78, 5) is 24.2. The molecule has 8 heteroatoms. The predicted molar refractivity (Wildman–Crippen MR) is 117 cm³/mol. The second-order valence-corrected chi connectivity index (χ2v) is 8.09. The molecular weight excluding hydrogens is 384 g/mol. The highest BCUT2D eigenvalue weighted by molar-refractivity contribution is 7.98. The molecule has 152 valence electrons. The first-order chi connectivity index (χ1) is 14.2. The Bertz CT molecular complexity index is 1010. The van der Waals surface area contributed by atoms with Crippen molar-refractivity contribution in [2.45, 2.75) is 37.9 Å². The molecule has 1 amide bonds. The smallest absolute Gasteiger partial charge is 0.251 e. The molecule has 2 aromatic heterocycles. The van der Waals surface area contributed by atoms with Gasteiger partial charge in [-0.3, -0.25) is 4.79 Å². The van der Waals surface area contributed by atoms with E-state index in [9.17, 15) is 4.79 Å². The molecule has 1 N–H and O–H groups in total. The third-order valence-electron chi connectivity index (χ3n) is 5.18. The number of benzene rings is 1. The van der Waals surface area contributed by atoms with Gasteiger partial charge in [0.25, 0.3) is 5.91 Å². The molecule has 3 heterocycles. The van der Waals surface area contributed by atoms with Crippen molar-refractivity contribution in [3.8, 4) is 0 Å². The SMILES string of the molecule is CSc1nc(N2CCCCC2)c2cnn(CCNC(=O)c3cccc(C)c3)c2n1. The third-order valence-corrected chi connectivity index (χ3v) is 5.73. The molecule has 3 aromatic rings. The standard InChI is InChI=1S/C21H26N6OS/c1-15-7-6-8-16(13-15)20(28)22-9-12-27-19-17(14-23-27)18(24-21(25-19)29-2)26-10-4-3-5-11-26/h6-8,13-14H,3-5,9-12H2,1-2H3,(H,22,28). The highest BCUT2D eigenvalue weighted by atomic mass is 32.2. The zero-order valence-electron chi connectivity index (χ0n) is 16.9. The Hall–Kier alpha value is -2.61. The van der Waals surface area contributed by atoms with Crippen LogP contribution < -0.4 is 10.2 Å².